The second-order valence-corrected chi connectivity index (χ2v) is 6.59. The summed E-state index contributed by atoms with van der Waals surface area (Å²) in [5.41, 5.74) is 2.01. The molecule has 3 aromatic rings. The van der Waals surface area contributed by atoms with E-state index < -0.39 is 0 Å². The van der Waals surface area contributed by atoms with E-state index in [1.165, 1.54) is 0 Å². The van der Waals surface area contributed by atoms with Gasteiger partial charge < -0.3 is 19.3 Å². The second kappa shape index (κ2) is 8.33. The van der Waals surface area contributed by atoms with Gasteiger partial charge in [-0.25, -0.2) is 0 Å². The molecule has 0 aliphatic rings. The van der Waals surface area contributed by atoms with Crippen molar-refractivity contribution in [2.75, 3.05) is 14.2 Å². The predicted octanol–water partition coefficient (Wildman–Crippen LogP) is 4.37. The summed E-state index contributed by atoms with van der Waals surface area (Å²) in [6.45, 7) is 2.56. The summed E-state index contributed by atoms with van der Waals surface area (Å²) >= 11 is 3.51. The van der Waals surface area contributed by atoms with Gasteiger partial charge in [-0.15, -0.1) is 0 Å². The lowest BCUT2D eigenvalue weighted by atomic mass is 10.1. The Bertz CT molecular complexity index is 865. The van der Waals surface area contributed by atoms with E-state index in [1.54, 1.807) is 14.2 Å². The predicted molar refractivity (Wildman–Crippen MR) is 102 cm³/mol. The molecule has 0 aliphatic heterocycles. The second-order valence-electron chi connectivity index (χ2n) is 5.74. The van der Waals surface area contributed by atoms with Gasteiger partial charge in [0.15, 0.2) is 0 Å². The smallest absolute Gasteiger partial charge is 0.240 e. The Morgan fingerprint density at radius 3 is 2.54 bits per heavy atom. The maximum Gasteiger partial charge on any atom is 0.240 e. The van der Waals surface area contributed by atoms with Gasteiger partial charge in [-0.3, -0.25) is 0 Å². The van der Waals surface area contributed by atoms with Crippen molar-refractivity contribution in [1.82, 2.24) is 15.5 Å². The van der Waals surface area contributed by atoms with E-state index in [0.29, 0.717) is 18.3 Å². The van der Waals surface area contributed by atoms with Gasteiger partial charge in [0.2, 0.25) is 11.7 Å². The van der Waals surface area contributed by atoms with Crippen LogP contribution in [0.5, 0.6) is 11.5 Å². The van der Waals surface area contributed by atoms with Crippen LogP contribution >= 0.6 is 15.9 Å². The van der Waals surface area contributed by atoms with Crippen LogP contribution in [0.3, 0.4) is 0 Å². The van der Waals surface area contributed by atoms with Crippen molar-refractivity contribution in [3.63, 3.8) is 0 Å². The lowest BCUT2D eigenvalue weighted by Crippen LogP contribution is -2.18. The van der Waals surface area contributed by atoms with E-state index in [0.717, 1.165) is 27.1 Å². The van der Waals surface area contributed by atoms with Crippen molar-refractivity contribution in [2.24, 2.45) is 0 Å². The monoisotopic (exact) mass is 417 g/mol. The molecule has 1 atom stereocenters. The van der Waals surface area contributed by atoms with Crippen molar-refractivity contribution in [3.05, 3.63) is 58.4 Å². The van der Waals surface area contributed by atoms with E-state index in [2.05, 4.69) is 38.3 Å². The van der Waals surface area contributed by atoms with E-state index in [4.69, 9.17) is 14.0 Å². The summed E-state index contributed by atoms with van der Waals surface area (Å²) in [7, 11) is 3.28. The molecule has 1 unspecified atom stereocenters. The zero-order chi connectivity index (χ0) is 18.5. The molecule has 0 radical (unpaired) electrons. The van der Waals surface area contributed by atoms with Crippen molar-refractivity contribution < 1.29 is 14.0 Å². The van der Waals surface area contributed by atoms with Crippen LogP contribution in [-0.4, -0.2) is 24.4 Å². The zero-order valence-electron chi connectivity index (χ0n) is 14.8. The molecule has 7 heteroatoms. The minimum Gasteiger partial charge on any atom is -0.497 e. The molecule has 3 rings (SSSR count). The largest absolute Gasteiger partial charge is 0.497 e. The molecule has 0 saturated carbocycles. The van der Waals surface area contributed by atoms with E-state index in [1.807, 2.05) is 42.5 Å². The van der Waals surface area contributed by atoms with E-state index in [-0.39, 0.29) is 6.04 Å². The van der Waals surface area contributed by atoms with Gasteiger partial charge in [0.1, 0.15) is 11.5 Å². The van der Waals surface area contributed by atoms with Crippen molar-refractivity contribution in [1.29, 1.82) is 0 Å². The molecule has 136 valence electrons. The van der Waals surface area contributed by atoms with Crippen LogP contribution in [-0.2, 0) is 6.54 Å². The summed E-state index contributed by atoms with van der Waals surface area (Å²) in [6, 6.07) is 13.7. The Morgan fingerprint density at radius 2 is 1.88 bits per heavy atom. The Balaban J connectivity index is 1.63. The maximum atomic E-state index is 5.34. The average Bonchev–Trinajstić information content (AvgIpc) is 3.15. The van der Waals surface area contributed by atoms with Gasteiger partial charge in [-0.2, -0.15) is 4.98 Å². The van der Waals surface area contributed by atoms with E-state index >= 15 is 0 Å². The first-order valence-corrected chi connectivity index (χ1v) is 8.94. The first-order chi connectivity index (χ1) is 12.6. The zero-order valence-corrected chi connectivity index (χ0v) is 16.4. The molecule has 1 aromatic heterocycles. The molecule has 0 bridgehead atoms. The first kappa shape index (κ1) is 18.4. The molecule has 0 amide bonds. The van der Waals surface area contributed by atoms with Gasteiger partial charge in [-0.05, 0) is 64.8 Å². The highest BCUT2D eigenvalue weighted by atomic mass is 79.9. The lowest BCUT2D eigenvalue weighted by molar-refractivity contribution is 0.360. The number of ether oxygens (including phenoxy) is 2. The Labute approximate surface area is 160 Å². The highest BCUT2D eigenvalue weighted by molar-refractivity contribution is 9.10. The number of halogens is 1. The van der Waals surface area contributed by atoms with Gasteiger partial charge in [0.05, 0.1) is 25.2 Å². The Morgan fingerprint density at radius 1 is 1.12 bits per heavy atom. The summed E-state index contributed by atoms with van der Waals surface area (Å²) in [6.07, 6.45) is 0. The van der Waals surface area contributed by atoms with Crippen molar-refractivity contribution in [3.8, 4) is 22.9 Å². The van der Waals surface area contributed by atoms with Gasteiger partial charge in [0, 0.05) is 11.6 Å². The maximum absolute atomic E-state index is 5.34. The van der Waals surface area contributed by atoms with Gasteiger partial charge in [-0.1, -0.05) is 11.2 Å². The summed E-state index contributed by atoms with van der Waals surface area (Å²) in [5.74, 6) is 2.69. The molecule has 6 nitrogen and oxygen atoms in total. The lowest BCUT2D eigenvalue weighted by Gasteiger charge is -2.14. The van der Waals surface area contributed by atoms with Crippen LogP contribution in [0.1, 0.15) is 24.4 Å². The number of benzene rings is 2. The number of aromatic nitrogens is 2. The third-order valence-corrected chi connectivity index (χ3v) is 4.67. The summed E-state index contributed by atoms with van der Waals surface area (Å²) in [5, 5.41) is 7.42. The van der Waals surface area contributed by atoms with E-state index in [9.17, 15) is 0 Å². The van der Waals surface area contributed by atoms with Crippen molar-refractivity contribution >= 4 is 15.9 Å². The molecule has 2 aromatic carbocycles. The fraction of sp³-hybridized carbons (Fsp3) is 0.263. The van der Waals surface area contributed by atoms with Crippen LogP contribution in [0, 0.1) is 0 Å². The SMILES string of the molecule is COc1ccc(-c2noc(CNC(C)c3ccc(OC)c(Br)c3)n2)cc1. The normalized spacial score (nSPS) is 12.0. The van der Waals surface area contributed by atoms with Crippen LogP contribution in [0.4, 0.5) is 0 Å². The minimum absolute atomic E-state index is 0.119. The molecule has 1 heterocycles. The number of rotatable bonds is 7. The quantitative estimate of drug-likeness (QED) is 0.615. The topological polar surface area (TPSA) is 69.4 Å². The molecule has 0 saturated heterocycles. The number of nitrogens with zero attached hydrogens (tertiary/aromatic N) is 2. The number of hydrogen-bond acceptors (Lipinski definition) is 6. The minimum atomic E-state index is 0.119. The summed E-state index contributed by atoms with van der Waals surface area (Å²) in [4.78, 5) is 4.44. The highest BCUT2D eigenvalue weighted by Gasteiger charge is 2.12. The molecule has 26 heavy (non-hydrogen) atoms. The molecule has 0 fully saturated rings. The third kappa shape index (κ3) is 4.23. The molecule has 1 N–H and O–H groups in total. The number of methoxy groups -OCH3 is 2. The van der Waals surface area contributed by atoms with Crippen LogP contribution < -0.4 is 14.8 Å². The number of nitrogens with one attached hydrogen (secondary N) is 1. The third-order valence-electron chi connectivity index (χ3n) is 4.05. The fourth-order valence-electron chi connectivity index (χ4n) is 2.49. The molecule has 0 aliphatic carbocycles. The van der Waals surface area contributed by atoms with Crippen LogP contribution in [0.15, 0.2) is 51.5 Å². The molecule has 0 spiro atoms. The molecular formula is C19H20BrN3O3. The first-order valence-electron chi connectivity index (χ1n) is 8.14. The fourth-order valence-corrected chi connectivity index (χ4v) is 3.05. The standard InChI is InChI=1S/C19H20BrN3O3/c1-12(14-6-9-17(25-3)16(20)10-14)21-11-18-22-19(23-26-18)13-4-7-15(24-2)8-5-13/h4-10,12,21H,11H2,1-3H3. The van der Waals surface area contributed by atoms with Gasteiger partial charge in [0.25, 0.3) is 0 Å². The van der Waals surface area contributed by atoms with Gasteiger partial charge >= 0.3 is 0 Å². The molecular weight excluding hydrogens is 398 g/mol. The Kier molecular flexibility index (Phi) is 5.90. The summed E-state index contributed by atoms with van der Waals surface area (Å²) < 4.78 is 16.7. The average molecular weight is 418 g/mol. The highest BCUT2D eigenvalue weighted by Crippen LogP contribution is 2.28. The van der Waals surface area contributed by atoms with Crippen molar-refractivity contribution in [2.45, 2.75) is 19.5 Å². The van der Waals surface area contributed by atoms with Crippen LogP contribution in [0.25, 0.3) is 11.4 Å². The Hall–Kier alpha value is -2.38. The number of hydrogen-bond donors (Lipinski definition) is 1. The van der Waals surface area contributed by atoms with Crippen LogP contribution in [0.2, 0.25) is 0 Å².